The van der Waals surface area contributed by atoms with Crippen molar-refractivity contribution in [3.05, 3.63) is 94.2 Å². The number of anilines is 1. The quantitative estimate of drug-likeness (QED) is 0.317. The van der Waals surface area contributed by atoms with Crippen molar-refractivity contribution in [3.63, 3.8) is 0 Å². The van der Waals surface area contributed by atoms with E-state index in [0.717, 1.165) is 4.31 Å². The molecule has 0 heterocycles. The van der Waals surface area contributed by atoms with Gasteiger partial charge in [-0.05, 0) is 60.9 Å². The van der Waals surface area contributed by atoms with E-state index in [0.29, 0.717) is 12.1 Å². The van der Waals surface area contributed by atoms with Crippen LogP contribution in [-0.4, -0.2) is 44.3 Å². The summed E-state index contributed by atoms with van der Waals surface area (Å²) in [6, 6.07) is 16.5. The summed E-state index contributed by atoms with van der Waals surface area (Å²) in [7, 11) is -4.28. The lowest BCUT2D eigenvalue weighted by Gasteiger charge is -2.32. The van der Waals surface area contributed by atoms with E-state index in [1.807, 2.05) is 13.8 Å². The fourth-order valence-electron chi connectivity index (χ4n) is 3.73. The molecule has 0 spiro atoms. The highest BCUT2D eigenvalue weighted by Crippen LogP contribution is 2.33. The third-order valence-electron chi connectivity index (χ3n) is 5.90. The molecule has 0 bridgehead atoms. The number of nitrogens with zero attached hydrogens (tertiary/aromatic N) is 2. The maximum Gasteiger partial charge on any atom is 0.264 e. The number of carbonyl (C=O) groups is 2. The number of hydrogen-bond donors (Lipinski definition) is 1. The number of rotatable bonds is 11. The Hall–Kier alpha value is -3.14. The summed E-state index contributed by atoms with van der Waals surface area (Å²) in [6.45, 7) is 5.10. The smallest absolute Gasteiger partial charge is 0.264 e. The largest absolute Gasteiger partial charge is 0.354 e. The molecule has 0 aliphatic heterocycles. The van der Waals surface area contributed by atoms with Crippen LogP contribution < -0.4 is 9.62 Å². The molecule has 0 aliphatic carbocycles. The summed E-state index contributed by atoms with van der Waals surface area (Å²) >= 11 is 12.6. The van der Waals surface area contributed by atoms with Crippen molar-refractivity contribution < 1.29 is 22.4 Å². The summed E-state index contributed by atoms with van der Waals surface area (Å²) in [5.41, 5.74) is 0.575. The highest BCUT2D eigenvalue weighted by Gasteiger charge is 2.33. The standard InChI is InChI=1S/C28H30Cl2FN3O4S/c1-19(2)16-32-28(36)20(3)33(17-21-9-12-23(31)13-10-21)27(35)18-34(26-15-22(29)11-14-25(26)30)39(37,38)24-7-5-4-6-8-24/h4-15,19-20H,16-18H2,1-3H3,(H,32,36)/t20-/m1/s1. The van der Waals surface area contributed by atoms with Crippen molar-refractivity contribution in [1.82, 2.24) is 10.2 Å². The lowest BCUT2D eigenvalue weighted by atomic mass is 10.1. The van der Waals surface area contributed by atoms with E-state index >= 15 is 0 Å². The van der Waals surface area contributed by atoms with Gasteiger partial charge < -0.3 is 10.2 Å². The van der Waals surface area contributed by atoms with Gasteiger partial charge in [-0.2, -0.15) is 0 Å². The summed E-state index contributed by atoms with van der Waals surface area (Å²) in [5, 5.41) is 3.10. The van der Waals surface area contributed by atoms with Gasteiger partial charge in [0.05, 0.1) is 15.6 Å². The Balaban J connectivity index is 2.03. The van der Waals surface area contributed by atoms with Gasteiger partial charge in [-0.1, -0.05) is 67.4 Å². The summed E-state index contributed by atoms with van der Waals surface area (Å²) < 4.78 is 41.9. The second-order valence-corrected chi connectivity index (χ2v) is 12.1. The van der Waals surface area contributed by atoms with E-state index in [-0.39, 0.29) is 33.1 Å². The van der Waals surface area contributed by atoms with E-state index in [1.165, 1.54) is 59.5 Å². The molecular weight excluding hydrogens is 564 g/mol. The van der Waals surface area contributed by atoms with Crippen LogP contribution in [0.3, 0.4) is 0 Å². The fraction of sp³-hybridized carbons (Fsp3) is 0.286. The number of halogens is 3. The minimum atomic E-state index is -4.28. The van der Waals surface area contributed by atoms with Gasteiger partial charge in [0.15, 0.2) is 0 Å². The minimum Gasteiger partial charge on any atom is -0.354 e. The molecule has 1 atom stereocenters. The molecule has 1 N–H and O–H groups in total. The van der Waals surface area contributed by atoms with Crippen LogP contribution >= 0.6 is 23.2 Å². The van der Waals surface area contributed by atoms with Gasteiger partial charge in [0, 0.05) is 18.1 Å². The van der Waals surface area contributed by atoms with Crippen LogP contribution in [-0.2, 0) is 26.2 Å². The normalized spacial score (nSPS) is 12.2. The van der Waals surface area contributed by atoms with E-state index in [1.54, 1.807) is 25.1 Å². The van der Waals surface area contributed by atoms with Crippen molar-refractivity contribution in [2.75, 3.05) is 17.4 Å². The van der Waals surface area contributed by atoms with Crippen LogP contribution in [0.5, 0.6) is 0 Å². The molecule has 0 saturated heterocycles. The summed E-state index contributed by atoms with van der Waals surface area (Å²) in [4.78, 5) is 28.0. The molecule has 0 aromatic heterocycles. The molecular formula is C28H30Cl2FN3O4S. The van der Waals surface area contributed by atoms with Crippen molar-refractivity contribution in [1.29, 1.82) is 0 Å². The SMILES string of the molecule is CC(C)CNC(=O)[C@@H](C)N(Cc1ccc(F)cc1)C(=O)CN(c1cc(Cl)ccc1Cl)S(=O)(=O)c1ccccc1. The second-order valence-electron chi connectivity index (χ2n) is 9.38. The first-order valence-corrected chi connectivity index (χ1v) is 14.4. The average Bonchev–Trinajstić information content (AvgIpc) is 2.91. The van der Waals surface area contributed by atoms with Crippen molar-refractivity contribution in [2.45, 2.75) is 38.3 Å². The van der Waals surface area contributed by atoms with E-state index in [9.17, 15) is 22.4 Å². The lowest BCUT2D eigenvalue weighted by Crippen LogP contribution is -2.51. The van der Waals surface area contributed by atoms with Gasteiger partial charge in [0.1, 0.15) is 18.4 Å². The van der Waals surface area contributed by atoms with Crippen LogP contribution in [0.15, 0.2) is 77.7 Å². The Kier molecular flexibility index (Phi) is 10.4. The van der Waals surface area contributed by atoms with E-state index < -0.39 is 40.2 Å². The number of carbonyl (C=O) groups excluding carboxylic acids is 2. The first-order valence-electron chi connectivity index (χ1n) is 12.2. The monoisotopic (exact) mass is 593 g/mol. The second kappa shape index (κ2) is 13.3. The number of hydrogen-bond acceptors (Lipinski definition) is 4. The Morgan fingerprint density at radius 2 is 1.59 bits per heavy atom. The Morgan fingerprint density at radius 1 is 0.949 bits per heavy atom. The third kappa shape index (κ3) is 7.94. The van der Waals surface area contributed by atoms with Gasteiger partial charge >= 0.3 is 0 Å². The van der Waals surface area contributed by atoms with E-state index in [4.69, 9.17) is 23.2 Å². The van der Waals surface area contributed by atoms with Gasteiger partial charge in [0.25, 0.3) is 10.0 Å². The molecule has 0 unspecified atom stereocenters. The average molecular weight is 595 g/mol. The molecule has 208 valence electrons. The zero-order valence-electron chi connectivity index (χ0n) is 21.8. The number of nitrogens with one attached hydrogen (secondary N) is 1. The molecule has 0 saturated carbocycles. The van der Waals surface area contributed by atoms with Crippen LogP contribution in [0.4, 0.5) is 10.1 Å². The zero-order chi connectivity index (χ0) is 28.7. The Labute approximate surface area is 238 Å². The number of benzene rings is 3. The van der Waals surface area contributed by atoms with Gasteiger partial charge in [-0.3, -0.25) is 13.9 Å². The molecule has 0 radical (unpaired) electrons. The molecule has 0 aliphatic rings. The van der Waals surface area contributed by atoms with Crippen LogP contribution in [0.1, 0.15) is 26.3 Å². The molecule has 39 heavy (non-hydrogen) atoms. The maximum absolute atomic E-state index is 13.8. The van der Waals surface area contributed by atoms with Gasteiger partial charge in [-0.25, -0.2) is 12.8 Å². The summed E-state index contributed by atoms with van der Waals surface area (Å²) in [6.07, 6.45) is 0. The predicted molar refractivity (Wildman–Crippen MR) is 152 cm³/mol. The van der Waals surface area contributed by atoms with Gasteiger partial charge in [-0.15, -0.1) is 0 Å². The molecule has 0 fully saturated rings. The van der Waals surface area contributed by atoms with Gasteiger partial charge in [0.2, 0.25) is 11.8 Å². The Morgan fingerprint density at radius 3 is 2.21 bits per heavy atom. The first-order chi connectivity index (χ1) is 18.4. The third-order valence-corrected chi connectivity index (χ3v) is 8.23. The molecule has 3 aromatic rings. The highest BCUT2D eigenvalue weighted by atomic mass is 35.5. The first kappa shape index (κ1) is 30.4. The Bertz CT molecular complexity index is 1400. The van der Waals surface area contributed by atoms with Crippen LogP contribution in [0.2, 0.25) is 10.0 Å². The molecule has 11 heteroatoms. The highest BCUT2D eigenvalue weighted by molar-refractivity contribution is 7.92. The molecule has 7 nitrogen and oxygen atoms in total. The lowest BCUT2D eigenvalue weighted by molar-refractivity contribution is -0.139. The van der Waals surface area contributed by atoms with Crippen LogP contribution in [0.25, 0.3) is 0 Å². The van der Waals surface area contributed by atoms with Crippen LogP contribution in [0, 0.1) is 11.7 Å². The fourth-order valence-corrected chi connectivity index (χ4v) is 5.61. The zero-order valence-corrected chi connectivity index (χ0v) is 24.1. The predicted octanol–water partition coefficient (Wildman–Crippen LogP) is 5.52. The minimum absolute atomic E-state index is 0.0139. The number of sulfonamides is 1. The van der Waals surface area contributed by atoms with Crippen molar-refractivity contribution in [2.24, 2.45) is 5.92 Å². The van der Waals surface area contributed by atoms with Crippen molar-refractivity contribution in [3.8, 4) is 0 Å². The molecule has 2 amide bonds. The summed E-state index contributed by atoms with van der Waals surface area (Å²) in [5.74, 6) is -1.34. The van der Waals surface area contributed by atoms with Crippen molar-refractivity contribution >= 4 is 50.7 Å². The van der Waals surface area contributed by atoms with E-state index in [2.05, 4.69) is 5.32 Å². The number of amides is 2. The molecule has 3 aromatic carbocycles. The maximum atomic E-state index is 13.8. The molecule has 3 rings (SSSR count). The topological polar surface area (TPSA) is 86.8 Å².